The van der Waals surface area contributed by atoms with Gasteiger partial charge in [0.05, 0.1) is 12.1 Å². The van der Waals surface area contributed by atoms with E-state index in [4.69, 9.17) is 4.74 Å². The third-order valence-corrected chi connectivity index (χ3v) is 5.28. The standard InChI is InChI=1S/C26H37NO6/c1-16-7-11-22(30)12-8-17(2)15-24(27-26(32)20(5)28)19(4)25(31)18(3)10-14-23(13-9-16)33-21(6)29/h7-10,12-13,15,19-20,22-24,28,30H,11,14H2,1-6H3,(H,27,32). The Morgan fingerprint density at radius 2 is 1.73 bits per heavy atom. The molecule has 0 spiro atoms. The van der Waals surface area contributed by atoms with Crippen LogP contribution in [0.2, 0.25) is 0 Å². The number of ether oxygens (including phenoxy) is 1. The lowest BCUT2D eigenvalue weighted by molar-refractivity contribution is -0.144. The SMILES string of the molecule is CC(=O)OC1C=CC(C)=CCC(O)C=CC(C)=CC(NC(=O)C(C)O)C(C)C(=O)C(C)=CC1. The summed E-state index contributed by atoms with van der Waals surface area (Å²) in [5, 5.41) is 22.6. The molecule has 1 aliphatic rings. The molecule has 1 aliphatic carbocycles. The van der Waals surface area contributed by atoms with E-state index in [1.807, 2.05) is 26.0 Å². The molecule has 7 heteroatoms. The molecule has 0 aromatic rings. The number of ketones is 1. The van der Waals surface area contributed by atoms with Gasteiger partial charge in [0.2, 0.25) is 5.91 Å². The summed E-state index contributed by atoms with van der Waals surface area (Å²) < 4.78 is 5.35. The van der Waals surface area contributed by atoms with Crippen LogP contribution < -0.4 is 5.32 Å². The highest BCUT2D eigenvalue weighted by Gasteiger charge is 2.26. The number of nitrogens with one attached hydrogen (secondary N) is 1. The van der Waals surface area contributed by atoms with Crippen molar-refractivity contribution < 1.29 is 29.3 Å². The molecule has 33 heavy (non-hydrogen) atoms. The fourth-order valence-corrected chi connectivity index (χ4v) is 3.20. The zero-order valence-electron chi connectivity index (χ0n) is 20.4. The largest absolute Gasteiger partial charge is 0.458 e. The molecular formula is C26H37NO6. The smallest absolute Gasteiger partial charge is 0.303 e. The molecule has 0 fully saturated rings. The second-order valence-electron chi connectivity index (χ2n) is 8.51. The number of rotatable bonds is 3. The van der Waals surface area contributed by atoms with Gasteiger partial charge in [0.25, 0.3) is 0 Å². The van der Waals surface area contributed by atoms with Crippen molar-refractivity contribution in [3.63, 3.8) is 0 Å². The van der Waals surface area contributed by atoms with Gasteiger partial charge in [-0.25, -0.2) is 0 Å². The third-order valence-electron chi connectivity index (χ3n) is 5.28. The van der Waals surface area contributed by atoms with Crippen molar-refractivity contribution in [2.45, 2.75) is 78.7 Å². The summed E-state index contributed by atoms with van der Waals surface area (Å²) >= 11 is 0. The first-order chi connectivity index (χ1) is 15.4. The van der Waals surface area contributed by atoms with Gasteiger partial charge in [0.1, 0.15) is 12.2 Å². The number of aliphatic hydroxyl groups is 2. The summed E-state index contributed by atoms with van der Waals surface area (Å²) in [7, 11) is 0. The molecule has 0 heterocycles. The molecule has 0 saturated carbocycles. The van der Waals surface area contributed by atoms with Crippen LogP contribution in [-0.2, 0) is 19.1 Å². The molecule has 1 rings (SSSR count). The van der Waals surface area contributed by atoms with Crippen LogP contribution in [0.5, 0.6) is 0 Å². The third kappa shape index (κ3) is 10.6. The van der Waals surface area contributed by atoms with Gasteiger partial charge < -0.3 is 20.3 Å². The number of amides is 1. The summed E-state index contributed by atoms with van der Waals surface area (Å²) in [6.07, 6.45) is 10.5. The van der Waals surface area contributed by atoms with Crippen molar-refractivity contribution >= 4 is 17.7 Å². The fourth-order valence-electron chi connectivity index (χ4n) is 3.20. The monoisotopic (exact) mass is 459 g/mol. The number of esters is 1. The van der Waals surface area contributed by atoms with Crippen LogP contribution in [-0.4, -0.2) is 52.2 Å². The van der Waals surface area contributed by atoms with Gasteiger partial charge in [-0.3, -0.25) is 14.4 Å². The second-order valence-corrected chi connectivity index (χ2v) is 8.51. The Morgan fingerprint density at radius 1 is 1.09 bits per heavy atom. The first kappa shape index (κ1) is 28.3. The predicted octanol–water partition coefficient (Wildman–Crippen LogP) is 3.09. The zero-order chi connectivity index (χ0) is 25.1. The van der Waals surface area contributed by atoms with Crippen LogP contribution in [0, 0.1) is 5.92 Å². The van der Waals surface area contributed by atoms with Crippen LogP contribution in [0.1, 0.15) is 54.4 Å². The molecule has 182 valence electrons. The summed E-state index contributed by atoms with van der Waals surface area (Å²) in [5.74, 6) is -1.80. The Hall–Kier alpha value is -2.77. The van der Waals surface area contributed by atoms with E-state index in [9.17, 15) is 24.6 Å². The second kappa shape index (κ2) is 13.7. The Kier molecular flexibility index (Phi) is 11.7. The van der Waals surface area contributed by atoms with Gasteiger partial charge in [-0.15, -0.1) is 0 Å². The van der Waals surface area contributed by atoms with E-state index in [2.05, 4.69) is 5.32 Å². The first-order valence-electron chi connectivity index (χ1n) is 11.2. The molecule has 7 nitrogen and oxygen atoms in total. The number of carbonyl (C=O) groups is 3. The van der Waals surface area contributed by atoms with Crippen molar-refractivity contribution in [2.75, 3.05) is 0 Å². The van der Waals surface area contributed by atoms with E-state index in [1.165, 1.54) is 13.8 Å². The van der Waals surface area contributed by atoms with E-state index in [0.29, 0.717) is 18.4 Å². The quantitative estimate of drug-likeness (QED) is 0.559. The normalized spacial score (nSPS) is 26.4. The lowest BCUT2D eigenvalue weighted by Crippen LogP contribution is -2.45. The molecule has 5 atom stereocenters. The summed E-state index contributed by atoms with van der Waals surface area (Å²) in [6, 6.07) is -0.660. The minimum absolute atomic E-state index is 0.176. The van der Waals surface area contributed by atoms with Crippen molar-refractivity contribution in [3.8, 4) is 0 Å². The Bertz CT molecular complexity index is 862. The maximum Gasteiger partial charge on any atom is 0.303 e. The van der Waals surface area contributed by atoms with Gasteiger partial charge in [-0.1, -0.05) is 54.5 Å². The number of Topliss-reactive ketones (excluding diaryl/α,β-unsaturated/α-hetero) is 1. The number of hydrogen-bond acceptors (Lipinski definition) is 6. The highest BCUT2D eigenvalue weighted by Crippen LogP contribution is 2.17. The first-order valence-corrected chi connectivity index (χ1v) is 11.2. The van der Waals surface area contributed by atoms with E-state index < -0.39 is 42.1 Å². The van der Waals surface area contributed by atoms with Gasteiger partial charge in [0, 0.05) is 19.3 Å². The predicted molar refractivity (Wildman–Crippen MR) is 128 cm³/mol. The minimum Gasteiger partial charge on any atom is -0.458 e. The average molecular weight is 460 g/mol. The summed E-state index contributed by atoms with van der Waals surface area (Å²) in [4.78, 5) is 36.7. The van der Waals surface area contributed by atoms with E-state index >= 15 is 0 Å². The van der Waals surface area contributed by atoms with Crippen LogP contribution in [0.15, 0.2) is 59.3 Å². The van der Waals surface area contributed by atoms with Crippen molar-refractivity contribution in [1.29, 1.82) is 0 Å². The fraction of sp³-hybridized carbons (Fsp3) is 0.500. The Morgan fingerprint density at radius 3 is 2.33 bits per heavy atom. The Balaban J connectivity index is 3.38. The van der Waals surface area contributed by atoms with Crippen LogP contribution in [0.25, 0.3) is 0 Å². The molecule has 3 N–H and O–H groups in total. The Labute approximate surface area is 196 Å². The molecule has 0 saturated heterocycles. The maximum absolute atomic E-state index is 13.1. The highest BCUT2D eigenvalue weighted by molar-refractivity contribution is 5.97. The van der Waals surface area contributed by atoms with Crippen LogP contribution >= 0.6 is 0 Å². The van der Waals surface area contributed by atoms with Gasteiger partial charge in [-0.05, 0) is 45.8 Å². The summed E-state index contributed by atoms with van der Waals surface area (Å²) in [5.41, 5.74) is 2.14. The van der Waals surface area contributed by atoms with Crippen molar-refractivity contribution in [3.05, 3.63) is 59.3 Å². The zero-order valence-corrected chi connectivity index (χ0v) is 20.4. The number of carbonyl (C=O) groups excluding carboxylic acids is 3. The van der Waals surface area contributed by atoms with Crippen LogP contribution in [0.3, 0.4) is 0 Å². The number of allylic oxidation sites excluding steroid dienone is 5. The molecule has 0 bridgehead atoms. The lowest BCUT2D eigenvalue weighted by Gasteiger charge is -2.23. The van der Waals surface area contributed by atoms with E-state index in [0.717, 1.165) is 11.1 Å². The molecule has 0 aromatic heterocycles. The molecule has 5 unspecified atom stereocenters. The molecule has 1 amide bonds. The number of hydrogen-bond donors (Lipinski definition) is 3. The van der Waals surface area contributed by atoms with Gasteiger partial charge >= 0.3 is 5.97 Å². The summed E-state index contributed by atoms with van der Waals surface area (Å²) in [6.45, 7) is 9.78. The number of aliphatic hydroxyl groups excluding tert-OH is 2. The topological polar surface area (TPSA) is 113 Å². The molecule has 0 aliphatic heterocycles. The van der Waals surface area contributed by atoms with Crippen molar-refractivity contribution in [1.82, 2.24) is 5.32 Å². The van der Waals surface area contributed by atoms with E-state index in [-0.39, 0.29) is 5.78 Å². The highest BCUT2D eigenvalue weighted by atomic mass is 16.5. The average Bonchev–Trinajstić information content (AvgIpc) is 2.75. The lowest BCUT2D eigenvalue weighted by atomic mass is 9.90. The van der Waals surface area contributed by atoms with Gasteiger partial charge in [0.15, 0.2) is 5.78 Å². The molecular weight excluding hydrogens is 422 g/mol. The van der Waals surface area contributed by atoms with Crippen molar-refractivity contribution in [2.24, 2.45) is 5.92 Å². The maximum atomic E-state index is 13.1. The molecule has 0 radical (unpaired) electrons. The van der Waals surface area contributed by atoms with Gasteiger partial charge in [-0.2, -0.15) is 0 Å². The van der Waals surface area contributed by atoms with E-state index in [1.54, 1.807) is 44.2 Å². The van der Waals surface area contributed by atoms with Crippen LogP contribution in [0.4, 0.5) is 0 Å². The minimum atomic E-state index is -1.22. The molecule has 0 aromatic carbocycles.